The summed E-state index contributed by atoms with van der Waals surface area (Å²) >= 11 is 0. The first-order chi connectivity index (χ1) is 27.0. The van der Waals surface area contributed by atoms with Crippen LogP contribution in [0.2, 0.25) is 0 Å². The van der Waals surface area contributed by atoms with Crippen LogP contribution in [0.25, 0.3) is 100 Å². The first-order valence-electron chi connectivity index (χ1n) is 18.9. The second-order valence-electron chi connectivity index (χ2n) is 15.2. The molecule has 55 heavy (non-hydrogen) atoms. The lowest BCUT2D eigenvalue weighted by molar-refractivity contribution is 0.660. The minimum atomic E-state index is -0.0444. The Labute approximate surface area is 320 Å². The number of benzene rings is 7. The summed E-state index contributed by atoms with van der Waals surface area (Å²) in [5.41, 5.74) is 20.0. The molecule has 0 fully saturated rings. The number of fused-ring (bicyclic) bond motifs is 6. The molecular formula is C52H35N3. The Balaban J connectivity index is 1.02. The van der Waals surface area contributed by atoms with Crippen molar-refractivity contribution in [3.8, 4) is 89.5 Å². The summed E-state index contributed by atoms with van der Waals surface area (Å²) in [4.78, 5) is 14.9. The molecule has 0 amide bonds. The Morgan fingerprint density at radius 3 is 1.62 bits per heavy atom. The van der Waals surface area contributed by atoms with Gasteiger partial charge in [0.15, 0.2) is 5.82 Å². The topological polar surface area (TPSA) is 38.7 Å². The quantitative estimate of drug-likeness (QED) is 0.179. The molecule has 0 atom stereocenters. The molecule has 11 rings (SSSR count). The molecular weight excluding hydrogens is 667 g/mol. The number of pyridine rings is 1. The van der Waals surface area contributed by atoms with E-state index in [9.17, 15) is 0 Å². The fraction of sp³-hybridized carbons (Fsp3) is 0.0577. The van der Waals surface area contributed by atoms with Gasteiger partial charge in [0.25, 0.3) is 0 Å². The van der Waals surface area contributed by atoms with Gasteiger partial charge < -0.3 is 0 Å². The molecule has 258 valence electrons. The monoisotopic (exact) mass is 701 g/mol. The normalized spacial score (nSPS) is 13.1. The molecule has 9 aromatic rings. The van der Waals surface area contributed by atoms with Gasteiger partial charge in [-0.25, -0.2) is 9.97 Å². The second-order valence-corrected chi connectivity index (χ2v) is 15.2. The van der Waals surface area contributed by atoms with E-state index in [0.717, 1.165) is 39.2 Å². The van der Waals surface area contributed by atoms with Crippen molar-refractivity contribution in [3.05, 3.63) is 187 Å². The summed E-state index contributed by atoms with van der Waals surface area (Å²) in [5.74, 6) is 0.716. The third-order valence-corrected chi connectivity index (χ3v) is 11.8. The zero-order valence-electron chi connectivity index (χ0n) is 30.6. The highest BCUT2D eigenvalue weighted by Crippen LogP contribution is 2.51. The molecule has 0 aliphatic heterocycles. The highest BCUT2D eigenvalue weighted by molar-refractivity contribution is 6.18. The van der Waals surface area contributed by atoms with Crippen LogP contribution in [-0.2, 0) is 5.41 Å². The van der Waals surface area contributed by atoms with Crippen LogP contribution in [0.4, 0.5) is 0 Å². The number of hydrogen-bond donors (Lipinski definition) is 0. The van der Waals surface area contributed by atoms with Crippen molar-refractivity contribution in [2.24, 2.45) is 0 Å². The number of rotatable bonds is 5. The van der Waals surface area contributed by atoms with Crippen LogP contribution in [0.15, 0.2) is 176 Å². The fourth-order valence-electron chi connectivity index (χ4n) is 8.95. The van der Waals surface area contributed by atoms with Crippen LogP contribution in [0.1, 0.15) is 25.0 Å². The van der Waals surface area contributed by atoms with Crippen LogP contribution in [0, 0.1) is 0 Å². The molecule has 2 aliphatic carbocycles. The lowest BCUT2D eigenvalue weighted by Gasteiger charge is -2.22. The van der Waals surface area contributed by atoms with Crippen molar-refractivity contribution in [3.63, 3.8) is 0 Å². The average Bonchev–Trinajstić information content (AvgIpc) is 3.70. The Morgan fingerprint density at radius 2 is 0.927 bits per heavy atom. The predicted molar refractivity (Wildman–Crippen MR) is 227 cm³/mol. The third kappa shape index (κ3) is 4.93. The number of nitrogens with zero attached hydrogens (tertiary/aromatic N) is 3. The van der Waals surface area contributed by atoms with Crippen molar-refractivity contribution < 1.29 is 0 Å². The van der Waals surface area contributed by atoms with Crippen molar-refractivity contribution >= 4 is 10.8 Å². The Hall–Kier alpha value is -6.97. The zero-order chi connectivity index (χ0) is 36.7. The lowest BCUT2D eigenvalue weighted by Crippen LogP contribution is -2.14. The first-order valence-corrected chi connectivity index (χ1v) is 18.9. The molecule has 0 saturated heterocycles. The van der Waals surface area contributed by atoms with Gasteiger partial charge in [-0.15, -0.1) is 0 Å². The van der Waals surface area contributed by atoms with Gasteiger partial charge >= 0.3 is 0 Å². The number of aromatic nitrogens is 3. The maximum Gasteiger partial charge on any atom is 0.161 e. The molecule has 0 radical (unpaired) electrons. The van der Waals surface area contributed by atoms with Crippen molar-refractivity contribution in [1.82, 2.24) is 15.0 Å². The van der Waals surface area contributed by atoms with Gasteiger partial charge in [0.05, 0.1) is 11.4 Å². The maximum atomic E-state index is 5.32. The SMILES string of the molecule is CC1(C)c2ccccc2-c2ccc(-c3ccc(-c4cc(-c5ccc(-c6cccnc6)cc5)nc(-c5ccc6c7c(cccc57)-c5ccccc5-6)n4)cc3)cc21. The summed E-state index contributed by atoms with van der Waals surface area (Å²) in [6.07, 6.45) is 3.70. The van der Waals surface area contributed by atoms with Gasteiger partial charge in [-0.05, 0) is 102 Å². The molecule has 2 heterocycles. The Bertz CT molecular complexity index is 2950. The minimum Gasteiger partial charge on any atom is -0.264 e. The van der Waals surface area contributed by atoms with Crippen LogP contribution in [0.5, 0.6) is 0 Å². The van der Waals surface area contributed by atoms with Crippen molar-refractivity contribution in [2.75, 3.05) is 0 Å². The largest absolute Gasteiger partial charge is 0.264 e. The summed E-state index contributed by atoms with van der Waals surface area (Å²) in [7, 11) is 0. The molecule has 0 bridgehead atoms. The molecule has 0 N–H and O–H groups in total. The molecule has 2 aromatic heterocycles. The predicted octanol–water partition coefficient (Wildman–Crippen LogP) is 13.3. The van der Waals surface area contributed by atoms with Crippen LogP contribution in [-0.4, -0.2) is 15.0 Å². The average molecular weight is 702 g/mol. The van der Waals surface area contributed by atoms with Crippen LogP contribution in [0.3, 0.4) is 0 Å². The van der Waals surface area contributed by atoms with Gasteiger partial charge in [-0.3, -0.25) is 4.98 Å². The first kappa shape index (κ1) is 31.5. The van der Waals surface area contributed by atoms with E-state index in [0.29, 0.717) is 5.82 Å². The molecule has 3 nitrogen and oxygen atoms in total. The van der Waals surface area contributed by atoms with Gasteiger partial charge in [-0.2, -0.15) is 0 Å². The van der Waals surface area contributed by atoms with Crippen molar-refractivity contribution in [2.45, 2.75) is 19.3 Å². The second kappa shape index (κ2) is 12.0. The molecule has 3 heteroatoms. The summed E-state index contributed by atoms with van der Waals surface area (Å²) < 4.78 is 0. The highest BCUT2D eigenvalue weighted by atomic mass is 14.9. The molecule has 0 unspecified atom stereocenters. The van der Waals surface area contributed by atoms with Gasteiger partial charge in [0, 0.05) is 34.5 Å². The van der Waals surface area contributed by atoms with E-state index in [1.165, 1.54) is 66.4 Å². The highest BCUT2D eigenvalue weighted by Gasteiger charge is 2.35. The summed E-state index contributed by atoms with van der Waals surface area (Å²) in [6.45, 7) is 4.67. The molecule has 2 aliphatic rings. The zero-order valence-corrected chi connectivity index (χ0v) is 30.6. The van der Waals surface area contributed by atoms with E-state index in [-0.39, 0.29) is 5.41 Å². The summed E-state index contributed by atoms with van der Waals surface area (Å²) in [5, 5.41) is 2.43. The lowest BCUT2D eigenvalue weighted by atomic mass is 9.81. The Morgan fingerprint density at radius 1 is 0.382 bits per heavy atom. The van der Waals surface area contributed by atoms with E-state index in [1.807, 2.05) is 12.3 Å². The molecule has 7 aromatic carbocycles. The van der Waals surface area contributed by atoms with Crippen molar-refractivity contribution in [1.29, 1.82) is 0 Å². The number of hydrogen-bond acceptors (Lipinski definition) is 3. The molecule has 0 spiro atoms. The maximum absolute atomic E-state index is 5.32. The van der Waals surface area contributed by atoms with Gasteiger partial charge in [0.2, 0.25) is 0 Å². The van der Waals surface area contributed by atoms with E-state index in [4.69, 9.17) is 9.97 Å². The third-order valence-electron chi connectivity index (χ3n) is 11.8. The Kier molecular flexibility index (Phi) is 6.90. The van der Waals surface area contributed by atoms with Crippen LogP contribution < -0.4 is 0 Å². The molecule has 0 saturated carbocycles. The van der Waals surface area contributed by atoms with Gasteiger partial charge in [0.1, 0.15) is 0 Å². The fourth-order valence-corrected chi connectivity index (χ4v) is 8.95. The smallest absolute Gasteiger partial charge is 0.161 e. The van der Waals surface area contributed by atoms with E-state index in [1.54, 1.807) is 6.20 Å². The standard InChI is InChI=1S/C52H35N3/c1-52(2)46-15-6-5-12-40(46)41-25-24-36(29-47(41)52)32-16-20-34(21-17-32)48-30-49(35-22-18-33(19-23-35)37-9-8-28-53-31-37)55-51(54-48)45-27-26-44-39-11-4-3-10-38(39)42-13-7-14-43(45)50(42)44/h3-31H,1-2H3. The summed E-state index contributed by atoms with van der Waals surface area (Å²) in [6, 6.07) is 59.1. The van der Waals surface area contributed by atoms with E-state index in [2.05, 4.69) is 177 Å². The van der Waals surface area contributed by atoms with E-state index < -0.39 is 0 Å². The van der Waals surface area contributed by atoms with E-state index >= 15 is 0 Å². The van der Waals surface area contributed by atoms with Crippen LogP contribution >= 0.6 is 0 Å². The van der Waals surface area contributed by atoms with Gasteiger partial charge in [-0.1, -0.05) is 153 Å². The minimum absolute atomic E-state index is 0.0444.